The molecule has 3 N–H and O–H groups in total. The van der Waals surface area contributed by atoms with Crippen molar-refractivity contribution in [2.75, 3.05) is 13.3 Å². The van der Waals surface area contributed by atoms with Gasteiger partial charge >= 0.3 is 13.7 Å². The predicted molar refractivity (Wildman–Crippen MR) is 224 cm³/mol. The van der Waals surface area contributed by atoms with Crippen LogP contribution in [0.3, 0.4) is 0 Å². The van der Waals surface area contributed by atoms with E-state index in [1.54, 1.807) is 52.0 Å². The zero-order valence-corrected chi connectivity index (χ0v) is 35.6. The Balaban J connectivity index is 1.50. The molecule has 0 saturated heterocycles. The van der Waals surface area contributed by atoms with Crippen molar-refractivity contribution < 1.29 is 46.8 Å². The molecule has 0 fully saturated rings. The molecule has 0 bridgehead atoms. The van der Waals surface area contributed by atoms with Crippen molar-refractivity contribution in [2.24, 2.45) is 5.92 Å². The van der Waals surface area contributed by atoms with E-state index in [2.05, 4.69) is 16.0 Å². The number of hydrogen-bond acceptors (Lipinski definition) is 10. The van der Waals surface area contributed by atoms with Gasteiger partial charge in [0.2, 0.25) is 12.3 Å². The molecular weight excluding hydrogens is 775 g/mol. The Kier molecular flexibility index (Phi) is 17.8. The molecule has 2 atom stereocenters. The number of unbranched alkanes of at least 4 members (excludes halogenated alkanes) is 2. The number of benzene rings is 3. The first-order valence-electron chi connectivity index (χ1n) is 19.9. The van der Waals surface area contributed by atoms with Gasteiger partial charge in [-0.05, 0) is 82.0 Å². The van der Waals surface area contributed by atoms with Gasteiger partial charge in [0.15, 0.2) is 5.76 Å². The van der Waals surface area contributed by atoms with Crippen LogP contribution in [0.4, 0.5) is 4.79 Å². The van der Waals surface area contributed by atoms with Crippen molar-refractivity contribution in [2.45, 2.75) is 98.4 Å². The van der Waals surface area contributed by atoms with Gasteiger partial charge in [-0.15, -0.1) is 0 Å². The number of nitrogens with one attached hydrogen (secondary N) is 3. The lowest BCUT2D eigenvalue weighted by atomic mass is 9.90. The summed E-state index contributed by atoms with van der Waals surface area (Å²) in [5.74, 6) is -1.13. The third-order valence-electron chi connectivity index (χ3n) is 9.07. The second kappa shape index (κ2) is 22.6. The van der Waals surface area contributed by atoms with Crippen molar-refractivity contribution in [3.05, 3.63) is 108 Å². The van der Waals surface area contributed by atoms with E-state index in [-0.39, 0.29) is 36.7 Å². The summed E-state index contributed by atoms with van der Waals surface area (Å²) in [6, 6.07) is 26.0. The van der Waals surface area contributed by atoms with Gasteiger partial charge < -0.3 is 39.0 Å². The molecule has 0 aliphatic rings. The summed E-state index contributed by atoms with van der Waals surface area (Å²) < 4.78 is 38.6. The largest absolute Gasteiger partial charge is 0.494 e. The van der Waals surface area contributed by atoms with Gasteiger partial charge in [-0.2, -0.15) is 5.06 Å². The van der Waals surface area contributed by atoms with Crippen LogP contribution in [0.1, 0.15) is 95.3 Å². The lowest BCUT2D eigenvalue weighted by molar-refractivity contribution is -0.169. The van der Waals surface area contributed by atoms with Crippen molar-refractivity contribution in [1.82, 2.24) is 21.0 Å². The number of hydroxylamine groups is 2. The fourth-order valence-corrected chi connectivity index (χ4v) is 7.77. The maximum absolute atomic E-state index is 14.6. The number of rotatable bonds is 23. The predicted octanol–water partition coefficient (Wildman–Crippen LogP) is 8.27. The highest BCUT2D eigenvalue weighted by molar-refractivity contribution is 7.62. The molecule has 0 aliphatic carbocycles. The zero-order chi connectivity index (χ0) is 42.8. The van der Waals surface area contributed by atoms with Gasteiger partial charge in [0.05, 0.1) is 43.8 Å². The molecule has 4 amide bonds. The Morgan fingerprint density at radius 2 is 1.49 bits per heavy atom. The number of carbonyl (C=O) groups excluding carboxylic acids is 4. The summed E-state index contributed by atoms with van der Waals surface area (Å²) in [4.78, 5) is 56.8. The van der Waals surface area contributed by atoms with E-state index in [4.69, 9.17) is 23.0 Å². The van der Waals surface area contributed by atoms with Gasteiger partial charge in [-0.25, -0.2) is 4.79 Å². The minimum absolute atomic E-state index is 0.0268. The maximum atomic E-state index is 14.6. The van der Waals surface area contributed by atoms with E-state index in [1.165, 1.54) is 6.07 Å². The van der Waals surface area contributed by atoms with Gasteiger partial charge in [-0.1, -0.05) is 93.8 Å². The van der Waals surface area contributed by atoms with E-state index in [9.17, 15) is 23.7 Å². The summed E-state index contributed by atoms with van der Waals surface area (Å²) in [5, 5.41) is 9.17. The average molecular weight is 833 g/mol. The van der Waals surface area contributed by atoms with Crippen molar-refractivity contribution in [1.29, 1.82) is 0 Å². The summed E-state index contributed by atoms with van der Waals surface area (Å²) in [7, 11) is -3.98. The monoisotopic (exact) mass is 832 g/mol. The molecule has 1 aromatic heterocycles. The molecule has 59 heavy (non-hydrogen) atoms. The molecule has 14 nitrogen and oxygen atoms in total. The zero-order valence-electron chi connectivity index (χ0n) is 34.7. The first kappa shape index (κ1) is 46.3. The Hall–Kier alpha value is -5.43. The molecule has 4 rings (SSSR count). The number of carbonyl (C=O) groups is 4. The van der Waals surface area contributed by atoms with Gasteiger partial charge in [-0.3, -0.25) is 18.9 Å². The van der Waals surface area contributed by atoms with E-state index >= 15 is 0 Å². The SMILES string of the molecule is CCCCC[C@@H](C(=O)NCNC(=O)c1ccc(-c2cc(OCC)cc(P(=O)(OCc3ccccc3)OCc3ccccc3)c2)o1)[C@@H](CC)N(C=O)OC(=O)NC(C)(C)C. The quantitative estimate of drug-likeness (QED) is 0.0217. The number of furan rings is 1. The standard InChI is InChI=1S/C44H57N4O10P/c1-7-10-13-22-37(38(8-2)48(31-49)58-43(52)47-44(4,5)6)41(50)45-30-46-42(51)40-24-23-39(57-40)34-25-35(54-9-3)27-36(26-34)59(53,55-28-32-18-14-11-15-19-32)56-29-33-20-16-12-17-21-33/h11-12,14-21,23-27,31,37-38H,7-10,13,22,28-30H2,1-6H3,(H,45,50)(H,46,51)(H,47,52)/t37-,38-/m1/s1. The highest BCUT2D eigenvalue weighted by Crippen LogP contribution is 2.50. The topological polar surface area (TPSA) is 175 Å². The van der Waals surface area contributed by atoms with Crippen LogP contribution < -0.4 is 26.0 Å². The number of hydrogen-bond donors (Lipinski definition) is 3. The van der Waals surface area contributed by atoms with Crippen molar-refractivity contribution in [3.63, 3.8) is 0 Å². The fourth-order valence-electron chi connectivity index (χ4n) is 6.18. The van der Waals surface area contributed by atoms with Crippen molar-refractivity contribution in [3.8, 4) is 17.1 Å². The molecule has 0 saturated carbocycles. The number of ether oxygens (including phenoxy) is 1. The first-order chi connectivity index (χ1) is 28.3. The number of nitrogens with zero attached hydrogens (tertiary/aromatic N) is 1. The van der Waals surface area contributed by atoms with Crippen LogP contribution in [0.5, 0.6) is 5.75 Å². The lowest BCUT2D eigenvalue weighted by Crippen LogP contribution is -2.51. The van der Waals surface area contributed by atoms with Crippen LogP contribution >= 0.6 is 7.60 Å². The van der Waals surface area contributed by atoms with Crippen LogP contribution in [0.15, 0.2) is 95.4 Å². The van der Waals surface area contributed by atoms with Crippen LogP contribution in [-0.2, 0) is 41.3 Å². The third-order valence-corrected chi connectivity index (χ3v) is 10.9. The Morgan fingerprint density at radius 3 is 2.05 bits per heavy atom. The molecular formula is C44H57N4O10P. The Labute approximate surface area is 346 Å². The molecule has 318 valence electrons. The van der Waals surface area contributed by atoms with Crippen LogP contribution in [0, 0.1) is 5.92 Å². The highest BCUT2D eigenvalue weighted by Gasteiger charge is 2.34. The average Bonchev–Trinajstić information content (AvgIpc) is 3.72. The van der Waals surface area contributed by atoms with E-state index in [1.807, 2.05) is 74.5 Å². The summed E-state index contributed by atoms with van der Waals surface area (Å²) in [5.41, 5.74) is 1.48. The summed E-state index contributed by atoms with van der Waals surface area (Å²) in [6.45, 7) is 11.1. The van der Waals surface area contributed by atoms with E-state index in [0.717, 1.165) is 29.0 Å². The normalized spacial score (nSPS) is 12.5. The maximum Gasteiger partial charge on any atom is 0.432 e. The second-order valence-corrected chi connectivity index (χ2v) is 16.9. The van der Waals surface area contributed by atoms with Gasteiger partial charge in [0.25, 0.3) is 5.91 Å². The van der Waals surface area contributed by atoms with Crippen LogP contribution in [-0.4, -0.2) is 54.2 Å². The van der Waals surface area contributed by atoms with Crippen LogP contribution in [0.25, 0.3) is 11.3 Å². The van der Waals surface area contributed by atoms with E-state index in [0.29, 0.717) is 43.6 Å². The summed E-state index contributed by atoms with van der Waals surface area (Å²) >= 11 is 0. The molecule has 0 spiro atoms. The van der Waals surface area contributed by atoms with Gasteiger partial charge in [0.1, 0.15) is 11.5 Å². The molecule has 0 unspecified atom stereocenters. The van der Waals surface area contributed by atoms with E-state index < -0.39 is 43.0 Å². The summed E-state index contributed by atoms with van der Waals surface area (Å²) in [6.07, 6.45) is 2.80. The molecule has 15 heteroatoms. The third kappa shape index (κ3) is 14.4. The van der Waals surface area contributed by atoms with Crippen molar-refractivity contribution >= 4 is 37.2 Å². The second-order valence-electron chi connectivity index (χ2n) is 14.8. The lowest BCUT2D eigenvalue weighted by Gasteiger charge is -2.32. The molecule has 4 aromatic rings. The molecule has 3 aromatic carbocycles. The molecule has 0 radical (unpaired) electrons. The van der Waals surface area contributed by atoms with Crippen LogP contribution in [0.2, 0.25) is 0 Å². The Bertz CT molecular complexity index is 1950. The smallest absolute Gasteiger partial charge is 0.432 e. The van der Waals surface area contributed by atoms with Gasteiger partial charge in [0, 0.05) is 11.1 Å². The highest BCUT2D eigenvalue weighted by atomic mass is 31.2. The minimum atomic E-state index is -3.98. The first-order valence-corrected chi connectivity index (χ1v) is 21.5. The Morgan fingerprint density at radius 1 is 0.847 bits per heavy atom. The minimum Gasteiger partial charge on any atom is -0.494 e. The molecule has 1 heterocycles. The molecule has 0 aliphatic heterocycles. The number of amides is 4. The fraction of sp³-hybridized carbons (Fsp3) is 0.409.